The van der Waals surface area contributed by atoms with Crippen molar-refractivity contribution in [3.8, 4) is 0 Å². The number of hydrogen-bond donors (Lipinski definition) is 2. The van der Waals surface area contributed by atoms with E-state index in [4.69, 9.17) is 4.74 Å². The summed E-state index contributed by atoms with van der Waals surface area (Å²) < 4.78 is 6.14. The molecule has 0 bridgehead atoms. The lowest BCUT2D eigenvalue weighted by molar-refractivity contribution is -0.0835. The van der Waals surface area contributed by atoms with Crippen LogP contribution in [-0.4, -0.2) is 55.8 Å². The molecule has 5 nitrogen and oxygen atoms in total. The summed E-state index contributed by atoms with van der Waals surface area (Å²) in [7, 11) is 1.88. The van der Waals surface area contributed by atoms with Crippen molar-refractivity contribution in [2.75, 3.05) is 26.7 Å². The van der Waals surface area contributed by atoms with Crippen molar-refractivity contribution in [2.24, 2.45) is 16.3 Å². The van der Waals surface area contributed by atoms with Gasteiger partial charge in [-0.05, 0) is 43.6 Å². The summed E-state index contributed by atoms with van der Waals surface area (Å²) in [6.07, 6.45) is 4.97. The fraction of sp³-hybridized carbons (Fsp3) is 0.720. The van der Waals surface area contributed by atoms with Crippen LogP contribution in [0.1, 0.15) is 58.9 Å². The van der Waals surface area contributed by atoms with E-state index in [0.29, 0.717) is 24.1 Å². The van der Waals surface area contributed by atoms with Gasteiger partial charge in [-0.1, -0.05) is 51.1 Å². The van der Waals surface area contributed by atoms with E-state index >= 15 is 0 Å². The Hall–Kier alpha value is -1.59. The smallest absolute Gasteiger partial charge is 0.191 e. The van der Waals surface area contributed by atoms with Gasteiger partial charge in [0, 0.05) is 51.3 Å². The Labute approximate surface area is 183 Å². The normalized spacial score (nSPS) is 28.9. The third-order valence-corrected chi connectivity index (χ3v) is 6.64. The van der Waals surface area contributed by atoms with Crippen LogP contribution in [0.15, 0.2) is 35.3 Å². The molecule has 0 saturated carbocycles. The molecular weight excluding hydrogens is 372 g/mol. The summed E-state index contributed by atoms with van der Waals surface area (Å²) in [5.41, 5.74) is 1.57. The van der Waals surface area contributed by atoms with E-state index in [1.54, 1.807) is 0 Å². The molecule has 30 heavy (non-hydrogen) atoms. The number of likely N-dealkylation sites (tertiary alicyclic amines) is 1. The minimum Gasteiger partial charge on any atom is -0.377 e. The molecule has 0 aliphatic carbocycles. The molecule has 0 radical (unpaired) electrons. The highest BCUT2D eigenvalue weighted by atomic mass is 16.5. The second-order valence-electron chi connectivity index (χ2n) is 10.2. The van der Waals surface area contributed by atoms with Gasteiger partial charge < -0.3 is 15.4 Å². The number of guanidine groups is 1. The third-order valence-electron chi connectivity index (χ3n) is 6.64. The lowest BCUT2D eigenvalue weighted by Gasteiger charge is -2.41. The molecule has 2 fully saturated rings. The quantitative estimate of drug-likeness (QED) is 0.564. The topological polar surface area (TPSA) is 48.9 Å². The molecule has 2 aliphatic heterocycles. The van der Waals surface area contributed by atoms with Gasteiger partial charge in [-0.2, -0.15) is 0 Å². The molecule has 1 aromatic carbocycles. The fourth-order valence-electron chi connectivity index (χ4n) is 5.03. The molecule has 4 unspecified atom stereocenters. The Morgan fingerprint density at radius 2 is 1.97 bits per heavy atom. The van der Waals surface area contributed by atoms with Crippen LogP contribution in [0.4, 0.5) is 0 Å². The van der Waals surface area contributed by atoms with Gasteiger partial charge in [-0.15, -0.1) is 0 Å². The average molecular weight is 415 g/mol. The second kappa shape index (κ2) is 10.6. The number of rotatable bonds is 5. The van der Waals surface area contributed by atoms with Crippen molar-refractivity contribution < 1.29 is 4.74 Å². The maximum absolute atomic E-state index is 6.14. The van der Waals surface area contributed by atoms with Crippen LogP contribution in [-0.2, 0) is 11.3 Å². The van der Waals surface area contributed by atoms with Crippen molar-refractivity contribution in [1.82, 2.24) is 15.5 Å². The summed E-state index contributed by atoms with van der Waals surface area (Å²) in [5, 5.41) is 7.28. The highest BCUT2D eigenvalue weighted by Gasteiger charge is 2.35. The van der Waals surface area contributed by atoms with E-state index in [1.807, 2.05) is 7.05 Å². The maximum Gasteiger partial charge on any atom is 0.191 e. The number of piperidine rings is 1. The van der Waals surface area contributed by atoms with Crippen LogP contribution < -0.4 is 10.6 Å². The number of nitrogens with zero attached hydrogens (tertiary/aromatic N) is 2. The van der Waals surface area contributed by atoms with Crippen molar-refractivity contribution in [3.63, 3.8) is 0 Å². The Morgan fingerprint density at radius 1 is 1.20 bits per heavy atom. The van der Waals surface area contributed by atoms with E-state index in [-0.39, 0.29) is 5.41 Å². The maximum atomic E-state index is 6.14. The molecule has 0 amide bonds. The number of hydrogen-bond acceptors (Lipinski definition) is 3. The zero-order valence-electron chi connectivity index (χ0n) is 19.7. The van der Waals surface area contributed by atoms with Crippen LogP contribution in [0.2, 0.25) is 0 Å². The van der Waals surface area contributed by atoms with Gasteiger partial charge in [-0.3, -0.25) is 9.89 Å². The molecule has 3 rings (SSSR count). The van der Waals surface area contributed by atoms with Crippen molar-refractivity contribution >= 4 is 5.96 Å². The van der Waals surface area contributed by atoms with Gasteiger partial charge in [0.1, 0.15) is 0 Å². The molecular formula is C25H42N4O. The van der Waals surface area contributed by atoms with Crippen molar-refractivity contribution in [3.05, 3.63) is 35.9 Å². The van der Waals surface area contributed by atoms with E-state index in [2.05, 4.69) is 78.6 Å². The van der Waals surface area contributed by atoms with Gasteiger partial charge in [0.15, 0.2) is 5.96 Å². The van der Waals surface area contributed by atoms with E-state index in [9.17, 15) is 0 Å². The van der Waals surface area contributed by atoms with Gasteiger partial charge in [-0.25, -0.2) is 0 Å². The van der Waals surface area contributed by atoms with Crippen molar-refractivity contribution in [1.29, 1.82) is 0 Å². The average Bonchev–Trinajstić information content (AvgIpc) is 2.73. The van der Waals surface area contributed by atoms with Crippen LogP contribution in [0.3, 0.4) is 0 Å². The lowest BCUT2D eigenvalue weighted by Crippen LogP contribution is -2.53. The number of nitrogens with one attached hydrogen (secondary N) is 2. The van der Waals surface area contributed by atoms with Gasteiger partial charge in [0.05, 0.1) is 6.10 Å². The zero-order chi connectivity index (χ0) is 21.6. The largest absolute Gasteiger partial charge is 0.377 e. The summed E-state index contributed by atoms with van der Waals surface area (Å²) >= 11 is 0. The summed E-state index contributed by atoms with van der Waals surface area (Å²) in [4.78, 5) is 7.10. The van der Waals surface area contributed by atoms with E-state index in [1.165, 1.54) is 12.0 Å². The first-order valence-electron chi connectivity index (χ1n) is 11.7. The predicted octanol–water partition coefficient (Wildman–Crippen LogP) is 4.05. The van der Waals surface area contributed by atoms with Gasteiger partial charge in [0.2, 0.25) is 0 Å². The molecule has 2 N–H and O–H groups in total. The monoisotopic (exact) mass is 414 g/mol. The highest BCUT2D eigenvalue weighted by molar-refractivity contribution is 5.80. The predicted molar refractivity (Wildman–Crippen MR) is 126 cm³/mol. The van der Waals surface area contributed by atoms with Crippen LogP contribution in [0, 0.1) is 11.3 Å². The minimum atomic E-state index is 0.171. The molecule has 1 aromatic rings. The Kier molecular flexibility index (Phi) is 8.18. The van der Waals surface area contributed by atoms with Gasteiger partial charge in [0.25, 0.3) is 0 Å². The van der Waals surface area contributed by atoms with Crippen LogP contribution in [0.5, 0.6) is 0 Å². The Balaban J connectivity index is 1.47. The lowest BCUT2D eigenvalue weighted by atomic mass is 9.78. The molecule has 0 spiro atoms. The Morgan fingerprint density at radius 3 is 2.63 bits per heavy atom. The second-order valence-corrected chi connectivity index (χ2v) is 10.2. The molecule has 2 aliphatic rings. The van der Waals surface area contributed by atoms with Crippen LogP contribution in [0.25, 0.3) is 0 Å². The minimum absolute atomic E-state index is 0.171. The summed E-state index contributed by atoms with van der Waals surface area (Å²) in [5.74, 6) is 1.46. The highest BCUT2D eigenvalue weighted by Crippen LogP contribution is 2.33. The molecule has 2 saturated heterocycles. The first kappa shape index (κ1) is 23.1. The molecule has 5 heteroatoms. The Bertz CT molecular complexity index is 669. The number of aliphatic imine (C=N–C) groups is 1. The molecule has 0 aromatic heterocycles. The molecule has 168 valence electrons. The molecule has 2 heterocycles. The number of ether oxygens (including phenoxy) is 1. The molecule has 4 atom stereocenters. The zero-order valence-corrected chi connectivity index (χ0v) is 19.7. The fourth-order valence-corrected chi connectivity index (χ4v) is 5.03. The standard InChI is InChI=1S/C25H42N4O/c1-19-16-22(13-14-29(19)18-20-10-7-6-8-11-20)28-24(26-5)27-17-21-12-9-15-30-23(21)25(2,3)4/h6-8,10-11,19,21-23H,9,12-18H2,1-5H3,(H2,26,27,28). The summed E-state index contributed by atoms with van der Waals surface area (Å²) in [6.45, 7) is 13.2. The van der Waals surface area contributed by atoms with Crippen molar-refractivity contribution in [2.45, 2.75) is 78.1 Å². The van der Waals surface area contributed by atoms with Crippen LogP contribution >= 0.6 is 0 Å². The third kappa shape index (κ3) is 6.45. The summed E-state index contributed by atoms with van der Waals surface area (Å²) in [6, 6.07) is 11.8. The van der Waals surface area contributed by atoms with Gasteiger partial charge >= 0.3 is 0 Å². The first-order chi connectivity index (χ1) is 14.4. The van der Waals surface area contributed by atoms with E-state index in [0.717, 1.165) is 51.5 Å². The first-order valence-corrected chi connectivity index (χ1v) is 11.7. The SMILES string of the molecule is CN=C(NCC1CCCOC1C(C)(C)C)NC1CCN(Cc2ccccc2)C(C)C1. The number of benzene rings is 1. The van der Waals surface area contributed by atoms with E-state index < -0.39 is 0 Å².